The first-order valence-corrected chi connectivity index (χ1v) is 10.1. The van der Waals surface area contributed by atoms with E-state index in [9.17, 15) is 14.2 Å². The minimum Gasteiger partial charge on any atom is -0.462 e. The van der Waals surface area contributed by atoms with Gasteiger partial charge in [-0.05, 0) is 31.5 Å². The van der Waals surface area contributed by atoms with E-state index >= 15 is 0 Å². The minimum atomic E-state index is -4.00. The van der Waals surface area contributed by atoms with Crippen molar-refractivity contribution >= 4 is 19.6 Å². The molecule has 1 unspecified atom stereocenters. The molecule has 150 valence electrons. The average Bonchev–Trinajstić information content (AvgIpc) is 2.74. The second-order valence-electron chi connectivity index (χ2n) is 5.93. The number of benzene rings is 2. The number of carbonyl (C=O) groups excluding carboxylic acids is 2. The number of ketones is 1. The first kappa shape index (κ1) is 22.0. The fraction of sp³-hybridized carbons (Fsp3) is 0.300. The molecule has 7 nitrogen and oxygen atoms in total. The summed E-state index contributed by atoms with van der Waals surface area (Å²) in [5.74, 6) is -0.920. The number of Topliss-reactive ketones (excluding diaryl/α,β-unsaturated/α-hetero) is 1. The van der Waals surface area contributed by atoms with Gasteiger partial charge in [0, 0.05) is 19.8 Å². The van der Waals surface area contributed by atoms with E-state index in [0.29, 0.717) is 16.7 Å². The summed E-state index contributed by atoms with van der Waals surface area (Å²) in [6, 6.07) is 14.6. The lowest BCUT2D eigenvalue weighted by Gasteiger charge is -2.31. The Morgan fingerprint density at radius 1 is 0.929 bits per heavy atom. The highest BCUT2D eigenvalue weighted by Gasteiger charge is 2.44. The lowest BCUT2D eigenvalue weighted by molar-refractivity contribution is 0.0277. The Balaban J connectivity index is 2.50. The highest BCUT2D eigenvalue weighted by molar-refractivity contribution is 7.48. The summed E-state index contributed by atoms with van der Waals surface area (Å²) < 4.78 is 33.0. The fourth-order valence-electron chi connectivity index (χ4n) is 2.60. The van der Waals surface area contributed by atoms with E-state index in [1.165, 1.54) is 33.3 Å². The van der Waals surface area contributed by atoms with E-state index in [2.05, 4.69) is 0 Å². The SMILES string of the molecule is CCOC(=O)c1ccc(C(C)(OP(=O)(OC)OC)C(=O)c2ccccc2)cc1. The normalized spacial score (nSPS) is 13.6. The van der Waals surface area contributed by atoms with Crippen molar-refractivity contribution in [1.82, 2.24) is 0 Å². The maximum absolute atomic E-state index is 13.2. The molecule has 2 aromatic rings. The van der Waals surface area contributed by atoms with Crippen LogP contribution in [0.4, 0.5) is 0 Å². The van der Waals surface area contributed by atoms with E-state index in [1.807, 2.05) is 0 Å². The van der Waals surface area contributed by atoms with Crippen LogP contribution in [0.25, 0.3) is 0 Å². The number of hydrogen-bond donors (Lipinski definition) is 0. The molecule has 2 aromatic carbocycles. The smallest absolute Gasteiger partial charge is 0.462 e. The Hall–Kier alpha value is -2.31. The molecule has 0 aromatic heterocycles. The molecule has 0 N–H and O–H groups in total. The van der Waals surface area contributed by atoms with Crippen LogP contribution >= 0.6 is 7.82 Å². The number of phosphoric ester groups is 1. The van der Waals surface area contributed by atoms with E-state index in [4.69, 9.17) is 18.3 Å². The Morgan fingerprint density at radius 3 is 2.00 bits per heavy atom. The van der Waals surface area contributed by atoms with Crippen LogP contribution in [0.15, 0.2) is 54.6 Å². The van der Waals surface area contributed by atoms with Crippen LogP contribution in [-0.2, 0) is 28.5 Å². The number of esters is 1. The molecule has 2 rings (SSSR count). The van der Waals surface area contributed by atoms with Crippen molar-refractivity contribution in [3.05, 3.63) is 71.3 Å². The highest BCUT2D eigenvalue weighted by Crippen LogP contribution is 2.54. The summed E-state index contributed by atoms with van der Waals surface area (Å²) in [7, 11) is -1.66. The molecule has 8 heteroatoms. The molecule has 0 amide bonds. The zero-order valence-corrected chi connectivity index (χ0v) is 17.1. The molecule has 0 saturated carbocycles. The van der Waals surface area contributed by atoms with Gasteiger partial charge in [0.25, 0.3) is 0 Å². The predicted octanol–water partition coefficient (Wildman–Crippen LogP) is 4.38. The summed E-state index contributed by atoms with van der Waals surface area (Å²) in [5.41, 5.74) is -0.625. The first-order chi connectivity index (χ1) is 13.3. The Bertz CT molecular complexity index is 856. The fourth-order valence-corrected chi connectivity index (χ4v) is 3.54. The molecule has 1 atom stereocenters. The molecule has 0 saturated heterocycles. The van der Waals surface area contributed by atoms with E-state index in [0.717, 1.165) is 0 Å². The lowest BCUT2D eigenvalue weighted by atomic mass is 9.87. The largest absolute Gasteiger partial charge is 0.475 e. The van der Waals surface area contributed by atoms with Gasteiger partial charge in [0.05, 0.1) is 12.2 Å². The Labute approximate surface area is 164 Å². The number of rotatable bonds is 9. The van der Waals surface area contributed by atoms with Gasteiger partial charge in [-0.25, -0.2) is 9.36 Å². The summed E-state index contributed by atoms with van der Waals surface area (Å²) in [6.45, 7) is 3.44. The van der Waals surface area contributed by atoms with Crippen molar-refractivity contribution in [3.63, 3.8) is 0 Å². The number of phosphoric acid groups is 1. The molecule has 0 aliphatic rings. The van der Waals surface area contributed by atoms with Gasteiger partial charge < -0.3 is 4.74 Å². The monoisotopic (exact) mass is 406 g/mol. The van der Waals surface area contributed by atoms with Crippen molar-refractivity contribution < 1.29 is 32.5 Å². The highest BCUT2D eigenvalue weighted by atomic mass is 31.2. The van der Waals surface area contributed by atoms with Gasteiger partial charge in [0.1, 0.15) is 0 Å². The second-order valence-corrected chi connectivity index (χ2v) is 7.74. The van der Waals surface area contributed by atoms with Gasteiger partial charge in [-0.3, -0.25) is 18.4 Å². The zero-order chi connectivity index (χ0) is 20.8. The third kappa shape index (κ3) is 4.75. The molecular formula is C20H23O7P. The first-order valence-electron chi connectivity index (χ1n) is 8.59. The van der Waals surface area contributed by atoms with Gasteiger partial charge >= 0.3 is 13.8 Å². The molecule has 0 spiro atoms. The third-order valence-corrected chi connectivity index (χ3v) is 5.64. The number of ether oxygens (including phenoxy) is 1. The number of hydrogen-bond acceptors (Lipinski definition) is 7. The molecular weight excluding hydrogens is 383 g/mol. The van der Waals surface area contributed by atoms with Gasteiger partial charge in [0.2, 0.25) is 0 Å². The lowest BCUT2D eigenvalue weighted by Crippen LogP contribution is -2.35. The van der Waals surface area contributed by atoms with Crippen LogP contribution < -0.4 is 0 Å². The van der Waals surface area contributed by atoms with E-state index in [-0.39, 0.29) is 6.61 Å². The van der Waals surface area contributed by atoms with Crippen LogP contribution in [0.3, 0.4) is 0 Å². The van der Waals surface area contributed by atoms with Crippen LogP contribution in [0.1, 0.15) is 40.1 Å². The van der Waals surface area contributed by atoms with Crippen molar-refractivity contribution in [2.75, 3.05) is 20.8 Å². The van der Waals surface area contributed by atoms with Gasteiger partial charge in [0.15, 0.2) is 11.4 Å². The maximum Gasteiger partial charge on any atom is 0.475 e. The summed E-state index contributed by atoms with van der Waals surface area (Å²) in [4.78, 5) is 25.1. The van der Waals surface area contributed by atoms with Crippen LogP contribution in [0, 0.1) is 0 Å². The summed E-state index contributed by atoms with van der Waals surface area (Å²) in [6.07, 6.45) is 0. The predicted molar refractivity (Wildman–Crippen MR) is 103 cm³/mol. The van der Waals surface area contributed by atoms with Crippen LogP contribution in [-0.4, -0.2) is 32.6 Å². The molecule has 0 fully saturated rings. The van der Waals surface area contributed by atoms with Crippen molar-refractivity contribution in [2.24, 2.45) is 0 Å². The van der Waals surface area contributed by atoms with Crippen LogP contribution in [0.2, 0.25) is 0 Å². The van der Waals surface area contributed by atoms with Crippen LogP contribution in [0.5, 0.6) is 0 Å². The topological polar surface area (TPSA) is 88.1 Å². The van der Waals surface area contributed by atoms with Gasteiger partial charge in [-0.15, -0.1) is 0 Å². The van der Waals surface area contributed by atoms with Crippen molar-refractivity contribution in [1.29, 1.82) is 0 Å². The minimum absolute atomic E-state index is 0.249. The summed E-state index contributed by atoms with van der Waals surface area (Å²) >= 11 is 0. The van der Waals surface area contributed by atoms with E-state index < -0.39 is 25.2 Å². The molecule has 0 aliphatic carbocycles. The van der Waals surface area contributed by atoms with Gasteiger partial charge in [-0.1, -0.05) is 42.5 Å². The molecule has 28 heavy (non-hydrogen) atoms. The van der Waals surface area contributed by atoms with Crippen molar-refractivity contribution in [3.8, 4) is 0 Å². The summed E-state index contributed by atoms with van der Waals surface area (Å²) in [5, 5.41) is 0. The second kappa shape index (κ2) is 9.26. The standard InChI is InChI=1S/C20H23O7P/c1-5-26-19(22)16-11-13-17(14-12-16)20(2,27-28(23,24-3)25-4)18(21)15-9-7-6-8-10-15/h6-14H,5H2,1-4H3. The third-order valence-electron chi connectivity index (χ3n) is 4.16. The quantitative estimate of drug-likeness (QED) is 0.347. The molecule has 0 aliphatic heterocycles. The molecule has 0 bridgehead atoms. The van der Waals surface area contributed by atoms with E-state index in [1.54, 1.807) is 49.4 Å². The molecule has 0 radical (unpaired) electrons. The zero-order valence-electron chi connectivity index (χ0n) is 16.2. The molecule has 0 heterocycles. The number of carbonyl (C=O) groups is 2. The Kier molecular flexibility index (Phi) is 7.27. The maximum atomic E-state index is 13.2. The van der Waals surface area contributed by atoms with Gasteiger partial charge in [-0.2, -0.15) is 0 Å². The van der Waals surface area contributed by atoms with Crippen molar-refractivity contribution in [2.45, 2.75) is 19.4 Å². The average molecular weight is 406 g/mol. The Morgan fingerprint density at radius 2 is 1.50 bits per heavy atom.